The van der Waals surface area contributed by atoms with E-state index in [4.69, 9.17) is 5.26 Å². The molecule has 0 aromatic heterocycles. The molecule has 0 spiro atoms. The number of nitrogens with one attached hydrogen (secondary N) is 2. The fourth-order valence-electron chi connectivity index (χ4n) is 1.91. The Balaban J connectivity index is 2.28. The first-order valence-electron chi connectivity index (χ1n) is 4.91. The van der Waals surface area contributed by atoms with Gasteiger partial charge in [-0.1, -0.05) is 24.3 Å². The number of nitrogens with zero attached hydrogens (tertiary/aromatic N) is 2. The summed E-state index contributed by atoms with van der Waals surface area (Å²) in [6.07, 6.45) is 1.86. The molecule has 0 amide bonds. The molecule has 0 aliphatic carbocycles. The van der Waals surface area contributed by atoms with Crippen molar-refractivity contribution in [2.75, 3.05) is 5.32 Å². The Morgan fingerprint density at radius 3 is 2.81 bits per heavy atom. The highest BCUT2D eigenvalue weighted by Gasteiger charge is 2.13. The molecule has 0 radical (unpaired) electrons. The Kier molecular flexibility index (Phi) is 1.77. The molecule has 0 unspecified atom stereocenters. The first kappa shape index (κ1) is 8.74. The smallest absolute Gasteiger partial charge is 0.214 e. The van der Waals surface area contributed by atoms with E-state index in [-0.39, 0.29) is 0 Å². The maximum atomic E-state index is 8.58. The van der Waals surface area contributed by atoms with Crippen molar-refractivity contribution in [3.63, 3.8) is 0 Å². The van der Waals surface area contributed by atoms with Gasteiger partial charge in [0.25, 0.3) is 0 Å². The molecule has 0 atom stereocenters. The number of anilines is 1. The van der Waals surface area contributed by atoms with E-state index in [2.05, 4.69) is 15.6 Å². The summed E-state index contributed by atoms with van der Waals surface area (Å²) in [7, 11) is 0. The maximum Gasteiger partial charge on any atom is 0.214 e. The van der Waals surface area contributed by atoms with Gasteiger partial charge in [-0.25, -0.2) is 4.99 Å². The molecule has 2 aromatic rings. The van der Waals surface area contributed by atoms with Crippen LogP contribution in [0, 0.1) is 11.5 Å². The molecule has 1 aliphatic heterocycles. The summed E-state index contributed by atoms with van der Waals surface area (Å²) >= 11 is 0. The van der Waals surface area contributed by atoms with E-state index in [1.54, 1.807) is 0 Å². The number of aliphatic imine (C=N–C) groups is 1. The lowest BCUT2D eigenvalue weighted by Gasteiger charge is -2.17. The topological polar surface area (TPSA) is 60.2 Å². The molecule has 16 heavy (non-hydrogen) atoms. The van der Waals surface area contributed by atoms with Crippen LogP contribution >= 0.6 is 0 Å². The average molecular weight is 208 g/mol. The van der Waals surface area contributed by atoms with E-state index in [0.717, 1.165) is 22.1 Å². The third kappa shape index (κ3) is 1.19. The summed E-state index contributed by atoms with van der Waals surface area (Å²) in [5.41, 5.74) is 1.85. The van der Waals surface area contributed by atoms with E-state index in [1.165, 1.54) is 0 Å². The van der Waals surface area contributed by atoms with E-state index in [9.17, 15) is 0 Å². The monoisotopic (exact) mass is 208 g/mol. The molecule has 2 N–H and O–H groups in total. The number of nitriles is 1. The van der Waals surface area contributed by atoms with Crippen molar-refractivity contribution >= 4 is 28.1 Å². The second-order valence-electron chi connectivity index (χ2n) is 3.50. The first-order chi connectivity index (χ1) is 7.88. The Morgan fingerprint density at radius 1 is 1.19 bits per heavy atom. The van der Waals surface area contributed by atoms with E-state index < -0.39 is 0 Å². The molecular formula is C12H8N4. The van der Waals surface area contributed by atoms with Gasteiger partial charge in [0, 0.05) is 5.39 Å². The highest BCUT2D eigenvalue weighted by molar-refractivity contribution is 6.13. The van der Waals surface area contributed by atoms with Crippen molar-refractivity contribution in [2.45, 2.75) is 0 Å². The van der Waals surface area contributed by atoms with Crippen LogP contribution in [-0.2, 0) is 0 Å². The Bertz CT molecular complexity index is 632. The fourth-order valence-corrected chi connectivity index (χ4v) is 1.91. The summed E-state index contributed by atoms with van der Waals surface area (Å²) in [6, 6.07) is 11.9. The molecule has 3 rings (SSSR count). The normalized spacial score (nSPS) is 12.6. The van der Waals surface area contributed by atoms with Crippen LogP contribution in [0.25, 0.3) is 10.8 Å². The largest absolute Gasteiger partial charge is 0.325 e. The fraction of sp³-hybridized carbons (Fsp3) is 0. The van der Waals surface area contributed by atoms with Crippen LogP contribution < -0.4 is 10.6 Å². The van der Waals surface area contributed by atoms with Gasteiger partial charge in [-0.05, 0) is 17.5 Å². The molecule has 1 aliphatic rings. The standard InChI is InChI=1S/C12H8N4/c13-7-14-12-15-9-5-1-3-8-4-2-6-10(16-12)11(8)9/h1-6H,(H2,14,15,16). The summed E-state index contributed by atoms with van der Waals surface area (Å²) in [6.45, 7) is 0. The Hall–Kier alpha value is -2.54. The number of hydrogen-bond acceptors (Lipinski definition) is 4. The highest BCUT2D eigenvalue weighted by atomic mass is 15.2. The van der Waals surface area contributed by atoms with E-state index in [1.807, 2.05) is 42.6 Å². The maximum absolute atomic E-state index is 8.58. The van der Waals surface area contributed by atoms with Crippen molar-refractivity contribution in [2.24, 2.45) is 4.99 Å². The van der Waals surface area contributed by atoms with Gasteiger partial charge < -0.3 is 5.32 Å². The number of guanidine groups is 1. The molecule has 76 valence electrons. The van der Waals surface area contributed by atoms with Gasteiger partial charge in [0.05, 0.1) is 11.4 Å². The second kappa shape index (κ2) is 3.24. The van der Waals surface area contributed by atoms with Gasteiger partial charge in [-0.2, -0.15) is 5.26 Å². The zero-order chi connectivity index (χ0) is 11.0. The minimum atomic E-state index is 0.466. The molecule has 0 saturated carbocycles. The zero-order valence-electron chi connectivity index (χ0n) is 8.36. The highest BCUT2D eigenvalue weighted by Crippen LogP contribution is 2.34. The van der Waals surface area contributed by atoms with Gasteiger partial charge in [-0.3, -0.25) is 5.32 Å². The molecule has 2 aromatic carbocycles. The van der Waals surface area contributed by atoms with Crippen LogP contribution in [0.3, 0.4) is 0 Å². The SMILES string of the molecule is N#CNC1=Nc2cccc3cccc(c23)N1. The quantitative estimate of drug-likeness (QED) is 0.516. The lowest BCUT2D eigenvalue weighted by atomic mass is 10.1. The number of rotatable bonds is 0. The van der Waals surface area contributed by atoms with Crippen molar-refractivity contribution < 1.29 is 0 Å². The molecule has 4 heteroatoms. The minimum Gasteiger partial charge on any atom is -0.325 e. The summed E-state index contributed by atoms with van der Waals surface area (Å²) < 4.78 is 0. The number of benzene rings is 2. The third-order valence-electron chi connectivity index (χ3n) is 2.54. The van der Waals surface area contributed by atoms with Gasteiger partial charge in [0.1, 0.15) is 0 Å². The first-order valence-corrected chi connectivity index (χ1v) is 4.91. The van der Waals surface area contributed by atoms with E-state index in [0.29, 0.717) is 5.96 Å². The second-order valence-corrected chi connectivity index (χ2v) is 3.50. The average Bonchev–Trinajstić information content (AvgIpc) is 2.30. The molecular weight excluding hydrogens is 200 g/mol. The van der Waals surface area contributed by atoms with Crippen molar-refractivity contribution in [1.29, 1.82) is 5.26 Å². The molecule has 4 nitrogen and oxygen atoms in total. The van der Waals surface area contributed by atoms with Gasteiger partial charge in [-0.15, -0.1) is 0 Å². The number of hydrogen-bond donors (Lipinski definition) is 2. The van der Waals surface area contributed by atoms with Crippen molar-refractivity contribution in [3.8, 4) is 6.19 Å². The molecule has 0 saturated heterocycles. The predicted molar refractivity (Wildman–Crippen MR) is 63.4 cm³/mol. The predicted octanol–water partition coefficient (Wildman–Crippen LogP) is 2.32. The van der Waals surface area contributed by atoms with Gasteiger partial charge in [0.2, 0.25) is 5.96 Å². The molecule has 1 heterocycles. The van der Waals surface area contributed by atoms with Crippen LogP contribution in [0.1, 0.15) is 0 Å². The Morgan fingerprint density at radius 2 is 2.00 bits per heavy atom. The van der Waals surface area contributed by atoms with Crippen molar-refractivity contribution in [3.05, 3.63) is 36.4 Å². The zero-order valence-corrected chi connectivity index (χ0v) is 8.36. The summed E-state index contributed by atoms with van der Waals surface area (Å²) in [5, 5.41) is 16.4. The van der Waals surface area contributed by atoms with Crippen molar-refractivity contribution in [1.82, 2.24) is 5.32 Å². The van der Waals surface area contributed by atoms with E-state index >= 15 is 0 Å². The van der Waals surface area contributed by atoms with Crippen LogP contribution in [-0.4, -0.2) is 5.96 Å². The molecule has 0 fully saturated rings. The lowest BCUT2D eigenvalue weighted by Crippen LogP contribution is -2.27. The summed E-state index contributed by atoms with van der Waals surface area (Å²) in [5.74, 6) is 0.466. The van der Waals surface area contributed by atoms with Crippen LogP contribution in [0.5, 0.6) is 0 Å². The van der Waals surface area contributed by atoms with Crippen LogP contribution in [0.2, 0.25) is 0 Å². The third-order valence-corrected chi connectivity index (χ3v) is 2.54. The summed E-state index contributed by atoms with van der Waals surface area (Å²) in [4.78, 5) is 4.33. The Labute approximate surface area is 92.2 Å². The van der Waals surface area contributed by atoms with Gasteiger partial charge >= 0.3 is 0 Å². The van der Waals surface area contributed by atoms with Crippen LogP contribution in [0.15, 0.2) is 41.4 Å². The lowest BCUT2D eigenvalue weighted by molar-refractivity contribution is 1.23. The van der Waals surface area contributed by atoms with Gasteiger partial charge in [0.15, 0.2) is 6.19 Å². The minimum absolute atomic E-state index is 0.466. The van der Waals surface area contributed by atoms with Crippen LogP contribution in [0.4, 0.5) is 11.4 Å². The molecule has 0 bridgehead atoms.